The molecule has 106 valence electrons. The van der Waals surface area contributed by atoms with E-state index in [4.69, 9.17) is 40.5 Å². The van der Waals surface area contributed by atoms with Gasteiger partial charge >= 0.3 is 0 Å². The van der Waals surface area contributed by atoms with Gasteiger partial charge in [-0.25, -0.2) is 4.39 Å². The summed E-state index contributed by atoms with van der Waals surface area (Å²) in [6.07, 6.45) is 1.15. The fourth-order valence-corrected chi connectivity index (χ4v) is 2.61. The molecule has 1 nitrogen and oxygen atoms in total. The van der Waals surface area contributed by atoms with E-state index in [1.807, 2.05) is 6.07 Å². The maximum atomic E-state index is 13.4. The third-order valence-corrected chi connectivity index (χ3v) is 3.87. The largest absolute Gasteiger partial charge is 0.327 e. The second-order valence-electron chi connectivity index (χ2n) is 4.65. The van der Waals surface area contributed by atoms with Crippen LogP contribution < -0.4 is 5.73 Å². The highest BCUT2D eigenvalue weighted by atomic mass is 35.5. The molecular weight excluding hydrogens is 320 g/mol. The van der Waals surface area contributed by atoms with Crippen molar-refractivity contribution >= 4 is 34.8 Å². The molecule has 2 aromatic carbocycles. The number of benzene rings is 2. The van der Waals surface area contributed by atoms with Gasteiger partial charge in [-0.15, -0.1) is 0 Å². The number of rotatable bonds is 4. The lowest BCUT2D eigenvalue weighted by atomic mass is 9.99. The first-order valence-corrected chi connectivity index (χ1v) is 7.22. The quantitative estimate of drug-likeness (QED) is 0.847. The molecule has 2 rings (SSSR count). The summed E-state index contributed by atoms with van der Waals surface area (Å²) in [4.78, 5) is 0. The first-order valence-electron chi connectivity index (χ1n) is 6.09. The van der Waals surface area contributed by atoms with Crippen LogP contribution in [0.4, 0.5) is 4.39 Å². The number of hydrogen-bond acceptors (Lipinski definition) is 1. The predicted molar refractivity (Wildman–Crippen MR) is 83.3 cm³/mol. The highest BCUT2D eigenvalue weighted by molar-refractivity contribution is 6.35. The van der Waals surface area contributed by atoms with E-state index in [2.05, 4.69) is 0 Å². The van der Waals surface area contributed by atoms with Crippen LogP contribution in [-0.2, 0) is 12.8 Å². The van der Waals surface area contributed by atoms with Crippen molar-refractivity contribution in [3.8, 4) is 0 Å². The molecule has 5 heteroatoms. The van der Waals surface area contributed by atoms with Crippen LogP contribution in [0, 0.1) is 5.82 Å². The summed E-state index contributed by atoms with van der Waals surface area (Å²) in [6.45, 7) is 0. The molecule has 2 aromatic rings. The molecule has 0 saturated heterocycles. The molecule has 0 aliphatic rings. The molecule has 0 aliphatic carbocycles. The maximum absolute atomic E-state index is 13.4. The van der Waals surface area contributed by atoms with Crippen molar-refractivity contribution in [2.24, 2.45) is 5.73 Å². The summed E-state index contributed by atoms with van der Waals surface area (Å²) in [5, 5.41) is 1.30. The van der Waals surface area contributed by atoms with Crippen LogP contribution in [0.25, 0.3) is 0 Å². The van der Waals surface area contributed by atoms with Crippen LogP contribution in [0.2, 0.25) is 15.1 Å². The molecule has 20 heavy (non-hydrogen) atoms. The average Bonchev–Trinajstić information content (AvgIpc) is 2.37. The van der Waals surface area contributed by atoms with E-state index in [1.165, 1.54) is 12.1 Å². The average molecular weight is 333 g/mol. The molecule has 0 amide bonds. The Kier molecular flexibility index (Phi) is 5.28. The SMILES string of the molecule is NC(Cc1ccc(Cl)c(F)c1)Cc1ccc(Cl)cc1Cl. The molecular formula is C15H13Cl3FN. The zero-order chi connectivity index (χ0) is 14.7. The first-order chi connectivity index (χ1) is 9.45. The Labute approximate surface area is 132 Å². The minimum Gasteiger partial charge on any atom is -0.327 e. The lowest BCUT2D eigenvalue weighted by molar-refractivity contribution is 0.618. The molecule has 1 unspecified atom stereocenters. The molecule has 0 heterocycles. The van der Waals surface area contributed by atoms with Crippen LogP contribution in [0.3, 0.4) is 0 Å². The summed E-state index contributed by atoms with van der Waals surface area (Å²) in [7, 11) is 0. The van der Waals surface area contributed by atoms with E-state index in [0.29, 0.717) is 22.9 Å². The van der Waals surface area contributed by atoms with Crippen LogP contribution in [0.5, 0.6) is 0 Å². The Hall–Kier alpha value is -0.800. The minimum atomic E-state index is -0.430. The predicted octanol–water partition coefficient (Wildman–Crippen LogP) is 4.90. The molecule has 0 radical (unpaired) electrons. The Morgan fingerprint density at radius 1 is 0.950 bits per heavy atom. The van der Waals surface area contributed by atoms with Gasteiger partial charge in [-0.1, -0.05) is 46.9 Å². The fourth-order valence-electron chi connectivity index (χ4n) is 2.01. The third-order valence-electron chi connectivity index (χ3n) is 2.98. The van der Waals surface area contributed by atoms with E-state index in [1.54, 1.807) is 18.2 Å². The van der Waals surface area contributed by atoms with Gasteiger partial charge in [-0.3, -0.25) is 0 Å². The van der Waals surface area contributed by atoms with Crippen molar-refractivity contribution in [2.75, 3.05) is 0 Å². The molecule has 0 aromatic heterocycles. The number of halogens is 4. The highest BCUT2D eigenvalue weighted by Crippen LogP contribution is 2.23. The first kappa shape index (κ1) is 15.6. The normalized spacial score (nSPS) is 12.4. The van der Waals surface area contributed by atoms with E-state index < -0.39 is 5.82 Å². The summed E-state index contributed by atoms with van der Waals surface area (Å²) in [6, 6.07) is 9.88. The molecule has 0 saturated carbocycles. The Morgan fingerprint density at radius 2 is 1.70 bits per heavy atom. The molecule has 0 fully saturated rings. The molecule has 0 bridgehead atoms. The van der Waals surface area contributed by atoms with Gasteiger partial charge in [0.25, 0.3) is 0 Å². The molecule has 2 N–H and O–H groups in total. The van der Waals surface area contributed by atoms with Crippen molar-refractivity contribution in [2.45, 2.75) is 18.9 Å². The Morgan fingerprint density at radius 3 is 2.35 bits per heavy atom. The lowest BCUT2D eigenvalue weighted by Crippen LogP contribution is -2.25. The van der Waals surface area contributed by atoms with Gasteiger partial charge < -0.3 is 5.73 Å². The maximum Gasteiger partial charge on any atom is 0.142 e. The molecule has 1 atom stereocenters. The highest BCUT2D eigenvalue weighted by Gasteiger charge is 2.10. The van der Waals surface area contributed by atoms with Gasteiger partial charge in [0.05, 0.1) is 5.02 Å². The fraction of sp³-hybridized carbons (Fsp3) is 0.200. The lowest BCUT2D eigenvalue weighted by Gasteiger charge is -2.13. The summed E-state index contributed by atoms with van der Waals surface area (Å²) < 4.78 is 13.4. The molecule has 0 spiro atoms. The topological polar surface area (TPSA) is 26.0 Å². The third kappa shape index (κ3) is 4.10. The Balaban J connectivity index is 2.04. The molecule has 0 aliphatic heterocycles. The zero-order valence-electron chi connectivity index (χ0n) is 10.5. The number of nitrogens with two attached hydrogens (primary N) is 1. The smallest absolute Gasteiger partial charge is 0.142 e. The summed E-state index contributed by atoms with van der Waals surface area (Å²) in [5.74, 6) is -0.430. The van der Waals surface area contributed by atoms with Crippen LogP contribution >= 0.6 is 34.8 Å². The second-order valence-corrected chi connectivity index (χ2v) is 5.90. The van der Waals surface area contributed by atoms with E-state index in [9.17, 15) is 4.39 Å². The van der Waals surface area contributed by atoms with E-state index in [-0.39, 0.29) is 11.1 Å². The zero-order valence-corrected chi connectivity index (χ0v) is 12.8. The van der Waals surface area contributed by atoms with Crippen LogP contribution in [0.15, 0.2) is 36.4 Å². The van der Waals surface area contributed by atoms with Crippen LogP contribution in [-0.4, -0.2) is 6.04 Å². The second kappa shape index (κ2) is 6.77. The van der Waals surface area contributed by atoms with Gasteiger partial charge in [0, 0.05) is 16.1 Å². The van der Waals surface area contributed by atoms with Gasteiger partial charge in [0.1, 0.15) is 5.82 Å². The summed E-state index contributed by atoms with van der Waals surface area (Å²) in [5.41, 5.74) is 7.82. The van der Waals surface area contributed by atoms with E-state index >= 15 is 0 Å². The Bertz CT molecular complexity index is 616. The van der Waals surface area contributed by atoms with E-state index in [0.717, 1.165) is 11.1 Å². The van der Waals surface area contributed by atoms with Crippen LogP contribution in [0.1, 0.15) is 11.1 Å². The minimum absolute atomic E-state index is 0.114. The standard InChI is InChI=1S/C15H13Cl3FN/c16-11-3-2-10(14(18)8-11)7-12(20)5-9-1-4-13(17)15(19)6-9/h1-4,6,8,12H,5,7,20H2. The van der Waals surface area contributed by atoms with Gasteiger partial charge in [0.2, 0.25) is 0 Å². The van der Waals surface area contributed by atoms with Gasteiger partial charge in [-0.05, 0) is 48.2 Å². The van der Waals surface area contributed by atoms with Crippen molar-refractivity contribution in [3.63, 3.8) is 0 Å². The summed E-state index contributed by atoms with van der Waals surface area (Å²) >= 11 is 17.6. The van der Waals surface area contributed by atoms with Gasteiger partial charge in [-0.2, -0.15) is 0 Å². The monoisotopic (exact) mass is 331 g/mol. The van der Waals surface area contributed by atoms with Crippen molar-refractivity contribution in [3.05, 3.63) is 68.4 Å². The van der Waals surface area contributed by atoms with Crippen molar-refractivity contribution in [1.29, 1.82) is 0 Å². The van der Waals surface area contributed by atoms with Crippen molar-refractivity contribution < 1.29 is 4.39 Å². The number of hydrogen-bond donors (Lipinski definition) is 1. The van der Waals surface area contributed by atoms with Gasteiger partial charge in [0.15, 0.2) is 0 Å². The van der Waals surface area contributed by atoms with Crippen molar-refractivity contribution in [1.82, 2.24) is 0 Å².